The molecule has 0 aliphatic rings. The van der Waals surface area contributed by atoms with Crippen LogP contribution in [0.25, 0.3) is 0 Å². The van der Waals surface area contributed by atoms with Crippen molar-refractivity contribution in [2.24, 2.45) is 0 Å². The second kappa shape index (κ2) is 7.85. The van der Waals surface area contributed by atoms with Crippen molar-refractivity contribution < 1.29 is 14.3 Å². The van der Waals surface area contributed by atoms with E-state index in [1.807, 2.05) is 38.1 Å². The van der Waals surface area contributed by atoms with E-state index in [0.717, 1.165) is 11.1 Å². The summed E-state index contributed by atoms with van der Waals surface area (Å²) in [6.07, 6.45) is 0. The number of benzene rings is 2. The fraction of sp³-hybridized carbons (Fsp3) is 0.222. The summed E-state index contributed by atoms with van der Waals surface area (Å²) in [5.41, 5.74) is 2.71. The fourth-order valence-electron chi connectivity index (χ4n) is 1.95. The number of nitriles is 1. The lowest BCUT2D eigenvalue weighted by atomic mass is 10.1. The summed E-state index contributed by atoms with van der Waals surface area (Å²) in [5, 5.41) is 11.2. The molecule has 0 fully saturated rings. The maximum Gasteiger partial charge on any atom is 0.262 e. The van der Waals surface area contributed by atoms with Crippen molar-refractivity contribution in [2.45, 2.75) is 13.8 Å². The Morgan fingerprint density at radius 1 is 1.13 bits per heavy atom. The number of nitrogens with zero attached hydrogens (tertiary/aromatic N) is 1. The van der Waals surface area contributed by atoms with Gasteiger partial charge in [-0.15, -0.1) is 0 Å². The Morgan fingerprint density at radius 3 is 2.57 bits per heavy atom. The first-order chi connectivity index (χ1) is 11.1. The predicted octanol–water partition coefficient (Wildman–Crippen LogP) is 3.22. The van der Waals surface area contributed by atoms with Crippen LogP contribution in [0.2, 0.25) is 0 Å². The quantitative estimate of drug-likeness (QED) is 0.889. The Morgan fingerprint density at radius 2 is 1.87 bits per heavy atom. The lowest BCUT2D eigenvalue weighted by molar-refractivity contribution is -0.118. The molecule has 1 amide bonds. The number of carbonyl (C=O) groups excluding carboxylic acids is 1. The van der Waals surface area contributed by atoms with Gasteiger partial charge in [0.05, 0.1) is 0 Å². The van der Waals surface area contributed by atoms with Crippen molar-refractivity contribution in [1.29, 1.82) is 5.26 Å². The number of anilines is 1. The number of ether oxygens (including phenoxy) is 2. The van der Waals surface area contributed by atoms with Crippen molar-refractivity contribution in [3.8, 4) is 17.6 Å². The number of aryl methyl sites for hydroxylation is 2. The average molecular weight is 310 g/mol. The zero-order chi connectivity index (χ0) is 16.7. The molecular formula is C18H18N2O3. The lowest BCUT2D eigenvalue weighted by Crippen LogP contribution is -2.20. The molecule has 5 heteroatoms. The van der Waals surface area contributed by atoms with Crippen LogP contribution in [0.5, 0.6) is 11.5 Å². The van der Waals surface area contributed by atoms with E-state index in [2.05, 4.69) is 5.32 Å². The second-order valence-electron chi connectivity index (χ2n) is 5.08. The molecule has 118 valence electrons. The number of rotatable bonds is 6. The first kappa shape index (κ1) is 16.4. The minimum absolute atomic E-state index is 0.00457. The second-order valence-corrected chi connectivity index (χ2v) is 5.08. The third-order valence-electron chi connectivity index (χ3n) is 3.14. The van der Waals surface area contributed by atoms with Crippen LogP contribution >= 0.6 is 0 Å². The van der Waals surface area contributed by atoms with Gasteiger partial charge in [-0.2, -0.15) is 5.26 Å². The summed E-state index contributed by atoms with van der Waals surface area (Å²) in [4.78, 5) is 11.9. The zero-order valence-corrected chi connectivity index (χ0v) is 13.1. The first-order valence-corrected chi connectivity index (χ1v) is 7.18. The minimum atomic E-state index is -0.239. The maximum absolute atomic E-state index is 11.9. The Hall–Kier alpha value is -3.00. The molecule has 0 saturated carbocycles. The summed E-state index contributed by atoms with van der Waals surface area (Å²) in [6, 6.07) is 14.6. The Bertz CT molecular complexity index is 718. The van der Waals surface area contributed by atoms with E-state index in [1.165, 1.54) is 0 Å². The monoisotopic (exact) mass is 310 g/mol. The highest BCUT2D eigenvalue weighted by Gasteiger charge is 2.06. The van der Waals surface area contributed by atoms with Crippen molar-refractivity contribution >= 4 is 11.6 Å². The molecule has 2 aromatic carbocycles. The molecule has 5 nitrogen and oxygen atoms in total. The van der Waals surface area contributed by atoms with Crippen LogP contribution in [0.1, 0.15) is 11.1 Å². The molecule has 0 saturated heterocycles. The average Bonchev–Trinajstić information content (AvgIpc) is 2.55. The van der Waals surface area contributed by atoms with Crippen molar-refractivity contribution in [3.63, 3.8) is 0 Å². The third kappa shape index (κ3) is 5.04. The van der Waals surface area contributed by atoms with Crippen molar-refractivity contribution in [3.05, 3.63) is 53.6 Å². The van der Waals surface area contributed by atoms with Crippen LogP contribution < -0.4 is 14.8 Å². The number of amides is 1. The van der Waals surface area contributed by atoms with E-state index in [1.54, 1.807) is 24.3 Å². The summed E-state index contributed by atoms with van der Waals surface area (Å²) >= 11 is 0. The highest BCUT2D eigenvalue weighted by Crippen LogP contribution is 2.19. The van der Waals surface area contributed by atoms with Crippen LogP contribution in [0.4, 0.5) is 5.69 Å². The van der Waals surface area contributed by atoms with E-state index < -0.39 is 0 Å². The van der Waals surface area contributed by atoms with E-state index in [9.17, 15) is 4.79 Å². The van der Waals surface area contributed by atoms with Gasteiger partial charge in [-0.05, 0) is 55.3 Å². The standard InChI is InChI=1S/C18H18N2O3/c1-13-3-4-14(2)17(11-13)23-12-18(21)20-15-5-7-16(8-6-15)22-10-9-19/h3-8,11H,10,12H2,1-2H3,(H,20,21). The molecule has 0 atom stereocenters. The summed E-state index contributed by atoms with van der Waals surface area (Å²) in [5.74, 6) is 1.05. The third-order valence-corrected chi connectivity index (χ3v) is 3.14. The minimum Gasteiger partial charge on any atom is -0.483 e. The molecule has 2 aromatic rings. The lowest BCUT2D eigenvalue weighted by Gasteiger charge is -2.10. The summed E-state index contributed by atoms with van der Waals surface area (Å²) in [6.45, 7) is 3.85. The molecule has 0 heterocycles. The molecule has 0 bridgehead atoms. The summed E-state index contributed by atoms with van der Waals surface area (Å²) in [7, 11) is 0. The van der Waals surface area contributed by atoms with E-state index in [4.69, 9.17) is 14.7 Å². The van der Waals surface area contributed by atoms with Gasteiger partial charge in [0, 0.05) is 5.69 Å². The smallest absolute Gasteiger partial charge is 0.262 e. The number of carbonyl (C=O) groups is 1. The van der Waals surface area contributed by atoms with Gasteiger partial charge in [0.1, 0.15) is 17.6 Å². The number of hydrogen-bond acceptors (Lipinski definition) is 4. The molecule has 0 radical (unpaired) electrons. The number of hydrogen-bond donors (Lipinski definition) is 1. The SMILES string of the molecule is Cc1ccc(C)c(OCC(=O)Nc2ccc(OCC#N)cc2)c1. The Labute approximate surface area is 135 Å². The van der Waals surface area contributed by atoms with Gasteiger partial charge in [-0.1, -0.05) is 12.1 Å². The van der Waals surface area contributed by atoms with Crippen LogP contribution in [0.3, 0.4) is 0 Å². The van der Waals surface area contributed by atoms with Gasteiger partial charge in [0.15, 0.2) is 13.2 Å². The molecule has 0 aromatic heterocycles. The molecule has 2 rings (SSSR count). The van der Waals surface area contributed by atoms with Crippen LogP contribution in [-0.2, 0) is 4.79 Å². The normalized spacial score (nSPS) is 9.78. The number of nitrogens with one attached hydrogen (secondary N) is 1. The van der Waals surface area contributed by atoms with E-state index in [-0.39, 0.29) is 19.1 Å². The first-order valence-electron chi connectivity index (χ1n) is 7.18. The molecule has 0 aliphatic carbocycles. The van der Waals surface area contributed by atoms with Gasteiger partial charge in [0.25, 0.3) is 5.91 Å². The fourth-order valence-corrected chi connectivity index (χ4v) is 1.95. The predicted molar refractivity (Wildman–Crippen MR) is 87.6 cm³/mol. The van der Waals surface area contributed by atoms with Crippen LogP contribution in [0.15, 0.2) is 42.5 Å². The molecule has 1 N–H and O–H groups in total. The molecule has 0 unspecified atom stereocenters. The van der Waals surface area contributed by atoms with Crippen LogP contribution in [0, 0.1) is 25.2 Å². The largest absolute Gasteiger partial charge is 0.483 e. The van der Waals surface area contributed by atoms with Crippen LogP contribution in [-0.4, -0.2) is 19.1 Å². The van der Waals surface area contributed by atoms with Gasteiger partial charge in [-0.25, -0.2) is 0 Å². The molecule has 0 spiro atoms. The van der Waals surface area contributed by atoms with Gasteiger partial charge < -0.3 is 14.8 Å². The molecule has 23 heavy (non-hydrogen) atoms. The van der Waals surface area contributed by atoms with E-state index >= 15 is 0 Å². The zero-order valence-electron chi connectivity index (χ0n) is 13.1. The Kier molecular flexibility index (Phi) is 5.59. The molecular weight excluding hydrogens is 292 g/mol. The summed E-state index contributed by atoms with van der Waals surface area (Å²) < 4.78 is 10.7. The van der Waals surface area contributed by atoms with Gasteiger partial charge in [-0.3, -0.25) is 4.79 Å². The van der Waals surface area contributed by atoms with Crippen molar-refractivity contribution in [1.82, 2.24) is 0 Å². The molecule has 0 aliphatic heterocycles. The van der Waals surface area contributed by atoms with E-state index in [0.29, 0.717) is 17.2 Å². The Balaban J connectivity index is 1.87. The van der Waals surface area contributed by atoms with Gasteiger partial charge >= 0.3 is 0 Å². The van der Waals surface area contributed by atoms with Gasteiger partial charge in [0.2, 0.25) is 0 Å². The highest BCUT2D eigenvalue weighted by molar-refractivity contribution is 5.91. The highest BCUT2D eigenvalue weighted by atomic mass is 16.5. The topological polar surface area (TPSA) is 71.3 Å². The van der Waals surface area contributed by atoms with Crippen molar-refractivity contribution in [2.75, 3.05) is 18.5 Å². The maximum atomic E-state index is 11.9.